The van der Waals surface area contributed by atoms with Gasteiger partial charge >= 0.3 is 0 Å². The smallest absolute Gasteiger partial charge is 0.191 e. The molecular weight excluding hydrogens is 276 g/mol. The van der Waals surface area contributed by atoms with E-state index in [0.717, 1.165) is 44.5 Å². The minimum atomic E-state index is 0.351. The highest BCUT2D eigenvalue weighted by Crippen LogP contribution is 2.17. The van der Waals surface area contributed by atoms with Gasteiger partial charge in [0, 0.05) is 32.3 Å². The van der Waals surface area contributed by atoms with Crippen LogP contribution in [-0.2, 0) is 4.74 Å². The van der Waals surface area contributed by atoms with Gasteiger partial charge in [0.25, 0.3) is 0 Å². The van der Waals surface area contributed by atoms with Crippen LogP contribution in [0.25, 0.3) is 0 Å². The number of likely N-dealkylation sites (tertiary alicyclic amines) is 1. The van der Waals surface area contributed by atoms with Gasteiger partial charge in [0.1, 0.15) is 0 Å². The Morgan fingerprint density at radius 1 is 1.32 bits per heavy atom. The minimum Gasteiger partial charge on any atom is -0.376 e. The predicted molar refractivity (Wildman–Crippen MR) is 92.4 cm³/mol. The van der Waals surface area contributed by atoms with Gasteiger partial charge in [0.05, 0.1) is 12.6 Å². The Balaban J connectivity index is 1.77. The Kier molecular flexibility index (Phi) is 7.46. The van der Waals surface area contributed by atoms with E-state index in [9.17, 15) is 0 Å². The van der Waals surface area contributed by atoms with Gasteiger partial charge in [0.2, 0.25) is 0 Å². The first kappa shape index (κ1) is 17.5. The van der Waals surface area contributed by atoms with Crippen LogP contribution in [-0.4, -0.2) is 62.3 Å². The molecule has 128 valence electrons. The van der Waals surface area contributed by atoms with E-state index in [4.69, 9.17) is 9.73 Å². The first-order valence-electron chi connectivity index (χ1n) is 9.07. The van der Waals surface area contributed by atoms with Gasteiger partial charge in [-0.05, 0) is 52.0 Å². The Morgan fingerprint density at radius 2 is 2.18 bits per heavy atom. The van der Waals surface area contributed by atoms with Crippen molar-refractivity contribution < 1.29 is 4.74 Å². The quantitative estimate of drug-likeness (QED) is 0.580. The molecule has 0 bridgehead atoms. The summed E-state index contributed by atoms with van der Waals surface area (Å²) in [5.74, 6) is 1.75. The maximum atomic E-state index is 5.66. The highest BCUT2D eigenvalue weighted by molar-refractivity contribution is 5.79. The van der Waals surface area contributed by atoms with Crippen molar-refractivity contribution in [1.29, 1.82) is 0 Å². The number of hydrogen-bond donors (Lipinski definition) is 2. The summed E-state index contributed by atoms with van der Waals surface area (Å²) in [7, 11) is 0. The molecular formula is C17H34N4O. The molecule has 2 fully saturated rings. The van der Waals surface area contributed by atoms with Gasteiger partial charge in [-0.3, -0.25) is 9.89 Å². The van der Waals surface area contributed by atoms with Gasteiger partial charge in [-0.15, -0.1) is 0 Å². The molecule has 2 N–H and O–H groups in total. The SMILES string of the molecule is CCNC(=NCC(C)N1CCCC(C)C1)NCC1CCCO1. The van der Waals surface area contributed by atoms with Crippen LogP contribution in [0.5, 0.6) is 0 Å². The van der Waals surface area contributed by atoms with Crippen molar-refractivity contribution in [3.63, 3.8) is 0 Å². The normalized spacial score (nSPS) is 28.6. The van der Waals surface area contributed by atoms with Crippen LogP contribution in [0.15, 0.2) is 4.99 Å². The summed E-state index contributed by atoms with van der Waals surface area (Å²) < 4.78 is 5.66. The molecule has 0 aliphatic carbocycles. The second-order valence-electron chi connectivity index (χ2n) is 6.83. The molecule has 5 nitrogen and oxygen atoms in total. The summed E-state index contributed by atoms with van der Waals surface area (Å²) in [4.78, 5) is 7.36. The molecule has 3 atom stereocenters. The molecule has 5 heteroatoms. The van der Waals surface area contributed by atoms with Crippen LogP contribution in [0, 0.1) is 5.92 Å². The van der Waals surface area contributed by atoms with E-state index in [0.29, 0.717) is 12.1 Å². The van der Waals surface area contributed by atoms with Crippen molar-refractivity contribution in [1.82, 2.24) is 15.5 Å². The lowest BCUT2D eigenvalue weighted by Gasteiger charge is -2.35. The fraction of sp³-hybridized carbons (Fsp3) is 0.941. The van der Waals surface area contributed by atoms with Crippen LogP contribution in [0.1, 0.15) is 46.5 Å². The van der Waals surface area contributed by atoms with Crippen molar-refractivity contribution in [3.8, 4) is 0 Å². The largest absolute Gasteiger partial charge is 0.376 e. The third-order valence-corrected chi connectivity index (χ3v) is 4.69. The number of aliphatic imine (C=N–C) groups is 1. The van der Waals surface area contributed by atoms with Crippen molar-refractivity contribution in [2.45, 2.75) is 58.6 Å². The molecule has 2 saturated heterocycles. The van der Waals surface area contributed by atoms with E-state index < -0.39 is 0 Å². The van der Waals surface area contributed by atoms with E-state index in [1.54, 1.807) is 0 Å². The lowest BCUT2D eigenvalue weighted by atomic mass is 9.99. The maximum Gasteiger partial charge on any atom is 0.191 e. The first-order chi connectivity index (χ1) is 10.7. The molecule has 22 heavy (non-hydrogen) atoms. The van der Waals surface area contributed by atoms with Crippen molar-refractivity contribution >= 4 is 5.96 Å². The number of piperidine rings is 1. The molecule has 2 rings (SSSR count). The summed E-state index contributed by atoms with van der Waals surface area (Å²) in [5.41, 5.74) is 0. The van der Waals surface area contributed by atoms with Crippen LogP contribution < -0.4 is 10.6 Å². The Morgan fingerprint density at radius 3 is 2.86 bits per heavy atom. The fourth-order valence-electron chi connectivity index (χ4n) is 3.32. The molecule has 0 radical (unpaired) electrons. The summed E-state index contributed by atoms with van der Waals surface area (Å²) >= 11 is 0. The van der Waals surface area contributed by atoms with Gasteiger partial charge in [0.15, 0.2) is 5.96 Å². The standard InChI is InChI=1S/C17H34N4O/c1-4-18-17(20-12-16-8-6-10-22-16)19-11-15(3)21-9-5-7-14(2)13-21/h14-16H,4-13H2,1-3H3,(H2,18,19,20). The van der Waals surface area contributed by atoms with Gasteiger partial charge in [-0.2, -0.15) is 0 Å². The minimum absolute atomic E-state index is 0.351. The molecule has 2 heterocycles. The number of guanidine groups is 1. The van der Waals surface area contributed by atoms with Crippen LogP contribution in [0.2, 0.25) is 0 Å². The van der Waals surface area contributed by atoms with E-state index in [1.165, 1.54) is 32.4 Å². The van der Waals surface area contributed by atoms with Crippen LogP contribution in [0.4, 0.5) is 0 Å². The van der Waals surface area contributed by atoms with E-state index in [1.807, 2.05) is 0 Å². The topological polar surface area (TPSA) is 48.9 Å². The number of ether oxygens (including phenoxy) is 1. The predicted octanol–water partition coefficient (Wildman–Crippen LogP) is 1.84. The molecule has 0 amide bonds. The second kappa shape index (κ2) is 9.36. The molecule has 0 spiro atoms. The highest BCUT2D eigenvalue weighted by Gasteiger charge is 2.21. The summed E-state index contributed by atoms with van der Waals surface area (Å²) in [6.45, 7) is 12.7. The number of nitrogens with one attached hydrogen (secondary N) is 2. The Bertz CT molecular complexity index is 342. The fourth-order valence-corrected chi connectivity index (χ4v) is 3.32. The molecule has 0 aromatic heterocycles. The van der Waals surface area contributed by atoms with E-state index in [2.05, 4.69) is 36.3 Å². The van der Waals surface area contributed by atoms with E-state index >= 15 is 0 Å². The molecule has 2 aliphatic rings. The highest BCUT2D eigenvalue weighted by atomic mass is 16.5. The lowest BCUT2D eigenvalue weighted by Crippen LogP contribution is -2.44. The first-order valence-corrected chi connectivity index (χ1v) is 9.07. The zero-order valence-electron chi connectivity index (χ0n) is 14.6. The Labute approximate surface area is 135 Å². The van der Waals surface area contributed by atoms with Crippen molar-refractivity contribution in [3.05, 3.63) is 0 Å². The van der Waals surface area contributed by atoms with E-state index in [-0.39, 0.29) is 0 Å². The van der Waals surface area contributed by atoms with Gasteiger partial charge in [-0.1, -0.05) is 6.92 Å². The van der Waals surface area contributed by atoms with Crippen LogP contribution in [0.3, 0.4) is 0 Å². The zero-order chi connectivity index (χ0) is 15.8. The molecule has 3 unspecified atom stereocenters. The number of rotatable bonds is 6. The third kappa shape index (κ3) is 5.76. The summed E-state index contributed by atoms with van der Waals surface area (Å²) in [6.07, 6.45) is 5.40. The van der Waals surface area contributed by atoms with Gasteiger partial charge in [-0.25, -0.2) is 0 Å². The third-order valence-electron chi connectivity index (χ3n) is 4.69. The van der Waals surface area contributed by atoms with Crippen molar-refractivity contribution in [2.24, 2.45) is 10.9 Å². The zero-order valence-corrected chi connectivity index (χ0v) is 14.6. The Hall–Kier alpha value is -0.810. The number of nitrogens with zero attached hydrogens (tertiary/aromatic N) is 2. The average molecular weight is 310 g/mol. The monoisotopic (exact) mass is 310 g/mol. The lowest BCUT2D eigenvalue weighted by molar-refractivity contribution is 0.113. The van der Waals surface area contributed by atoms with Crippen LogP contribution >= 0.6 is 0 Å². The number of hydrogen-bond acceptors (Lipinski definition) is 3. The summed E-state index contributed by atoms with van der Waals surface area (Å²) in [5, 5.41) is 6.76. The molecule has 2 aliphatic heterocycles. The molecule has 0 aromatic rings. The van der Waals surface area contributed by atoms with Gasteiger partial charge < -0.3 is 15.4 Å². The van der Waals surface area contributed by atoms with Crippen molar-refractivity contribution in [2.75, 3.05) is 39.3 Å². The average Bonchev–Trinajstić information content (AvgIpc) is 3.03. The second-order valence-corrected chi connectivity index (χ2v) is 6.83. The summed E-state index contributed by atoms with van der Waals surface area (Å²) in [6, 6.07) is 0.515. The molecule has 0 saturated carbocycles. The maximum absolute atomic E-state index is 5.66. The molecule has 0 aromatic carbocycles.